The van der Waals surface area contributed by atoms with Crippen LogP contribution in [0.4, 0.5) is 4.79 Å². The molecule has 1 aromatic carbocycles. The molecular weight excluding hydrogens is 349 g/mol. The minimum absolute atomic E-state index is 0.347. The molecular formula is C16H22NO4Se. The second kappa shape index (κ2) is 8.20. The second-order valence-corrected chi connectivity index (χ2v) is 6.49. The number of carbonyl (C=O) groups is 2. The first kappa shape index (κ1) is 18.5. The Morgan fingerprint density at radius 3 is 2.18 bits per heavy atom. The predicted octanol–water partition coefficient (Wildman–Crippen LogP) is 1.96. The molecule has 5 nitrogen and oxygen atoms in total. The molecule has 1 aromatic rings. The number of hydrogen-bond acceptors (Lipinski definition) is 4. The molecule has 22 heavy (non-hydrogen) atoms. The molecule has 0 unspecified atom stereocenters. The number of hydrogen-bond donors (Lipinski definition) is 1. The Balaban J connectivity index is 2.75. The number of esters is 1. The van der Waals surface area contributed by atoms with Crippen molar-refractivity contribution in [1.82, 2.24) is 5.32 Å². The van der Waals surface area contributed by atoms with Crippen LogP contribution in [0.2, 0.25) is 0 Å². The van der Waals surface area contributed by atoms with E-state index in [1.165, 1.54) is 12.7 Å². The van der Waals surface area contributed by atoms with Gasteiger partial charge in [0.2, 0.25) is 0 Å². The third-order valence-electron chi connectivity index (χ3n) is 2.81. The van der Waals surface area contributed by atoms with Gasteiger partial charge in [0.15, 0.2) is 0 Å². The normalized spacial score (nSPS) is 12.4. The van der Waals surface area contributed by atoms with Crippen molar-refractivity contribution in [2.24, 2.45) is 0 Å². The molecule has 1 N–H and O–H groups in total. The fourth-order valence-corrected chi connectivity index (χ4v) is 2.20. The summed E-state index contributed by atoms with van der Waals surface area (Å²) in [5.41, 5.74) is 1.48. The van der Waals surface area contributed by atoms with Gasteiger partial charge in [0, 0.05) is 0 Å². The van der Waals surface area contributed by atoms with E-state index in [9.17, 15) is 9.59 Å². The van der Waals surface area contributed by atoms with Crippen molar-refractivity contribution >= 4 is 28.1 Å². The van der Waals surface area contributed by atoms with Crippen LogP contribution in [0, 0.1) is 0 Å². The van der Waals surface area contributed by atoms with E-state index in [-0.39, 0.29) is 0 Å². The maximum atomic E-state index is 11.8. The van der Waals surface area contributed by atoms with Crippen molar-refractivity contribution in [3.8, 4) is 0 Å². The Morgan fingerprint density at radius 2 is 1.73 bits per heavy atom. The monoisotopic (exact) mass is 372 g/mol. The third kappa shape index (κ3) is 6.50. The molecule has 1 amide bonds. The quantitative estimate of drug-likeness (QED) is 0.635. The topological polar surface area (TPSA) is 64.6 Å². The van der Waals surface area contributed by atoms with Gasteiger partial charge in [-0.2, -0.15) is 0 Å². The number of nitrogens with one attached hydrogen (secondary N) is 1. The van der Waals surface area contributed by atoms with Crippen molar-refractivity contribution in [3.63, 3.8) is 0 Å². The molecule has 1 radical (unpaired) electrons. The van der Waals surface area contributed by atoms with E-state index < -0.39 is 23.7 Å². The van der Waals surface area contributed by atoms with E-state index in [2.05, 4.69) is 21.3 Å². The van der Waals surface area contributed by atoms with Gasteiger partial charge >= 0.3 is 139 Å². The van der Waals surface area contributed by atoms with Gasteiger partial charge in [0.1, 0.15) is 0 Å². The molecule has 0 aliphatic heterocycles. The first-order valence-electron chi connectivity index (χ1n) is 6.98. The Morgan fingerprint density at radius 1 is 1.18 bits per heavy atom. The van der Waals surface area contributed by atoms with Crippen molar-refractivity contribution in [2.45, 2.75) is 44.2 Å². The second-order valence-electron chi connectivity index (χ2n) is 5.89. The van der Waals surface area contributed by atoms with Gasteiger partial charge < -0.3 is 0 Å². The number of carbonyl (C=O) groups excluding carboxylic acids is 2. The van der Waals surface area contributed by atoms with Gasteiger partial charge in [-0.15, -0.1) is 0 Å². The number of alkyl carbamates (subject to hydrolysis) is 1. The van der Waals surface area contributed by atoms with Crippen LogP contribution >= 0.6 is 0 Å². The summed E-state index contributed by atoms with van der Waals surface area (Å²) < 4.78 is 9.92. The number of rotatable bonds is 5. The average molecular weight is 371 g/mol. The molecule has 6 heteroatoms. The molecule has 0 saturated carbocycles. The van der Waals surface area contributed by atoms with Crippen LogP contribution in [0.15, 0.2) is 24.3 Å². The first-order chi connectivity index (χ1) is 10.2. The van der Waals surface area contributed by atoms with Gasteiger partial charge in [-0.05, 0) is 0 Å². The fourth-order valence-electron chi connectivity index (χ4n) is 1.79. The van der Waals surface area contributed by atoms with Crippen molar-refractivity contribution in [3.05, 3.63) is 35.4 Å². The van der Waals surface area contributed by atoms with Gasteiger partial charge in [0.05, 0.1) is 0 Å². The summed E-state index contributed by atoms with van der Waals surface area (Å²) in [6.07, 6.45) is -0.290. The Kier molecular flexibility index (Phi) is 6.91. The van der Waals surface area contributed by atoms with Crippen LogP contribution in [-0.2, 0) is 26.0 Å². The van der Waals surface area contributed by atoms with Crippen molar-refractivity contribution in [1.29, 1.82) is 0 Å². The zero-order valence-corrected chi connectivity index (χ0v) is 15.1. The molecule has 121 valence electrons. The molecule has 0 fully saturated rings. The van der Waals surface area contributed by atoms with Crippen LogP contribution in [0.25, 0.3) is 0 Å². The summed E-state index contributed by atoms with van der Waals surface area (Å²) in [5, 5.41) is 3.39. The van der Waals surface area contributed by atoms with Crippen molar-refractivity contribution in [2.75, 3.05) is 7.11 Å². The number of amides is 1. The van der Waals surface area contributed by atoms with E-state index >= 15 is 0 Å². The molecule has 0 heterocycles. The fraction of sp³-hybridized carbons (Fsp3) is 0.500. The number of ether oxygens (including phenoxy) is 2. The Labute approximate surface area is 139 Å². The standard InChI is InChI=1S/C16H22NO4Se/c1-16(2,3)21-15(19)17-13(14(18)20-4)9-11-5-7-12(10-22)8-6-11/h5-8,13H,9-10H2,1-4H3,(H,17,19)/t13-/m0/s1. The summed E-state index contributed by atoms with van der Waals surface area (Å²) in [6, 6.07) is 7.04. The van der Waals surface area contributed by atoms with Crippen LogP contribution in [-0.4, -0.2) is 46.8 Å². The molecule has 0 aliphatic carbocycles. The zero-order valence-electron chi connectivity index (χ0n) is 13.3. The summed E-state index contributed by atoms with van der Waals surface area (Å²) in [6.45, 7) is 5.29. The summed E-state index contributed by atoms with van der Waals surface area (Å²) in [7, 11) is 1.29. The van der Waals surface area contributed by atoms with Crippen molar-refractivity contribution < 1.29 is 19.1 Å². The Bertz CT molecular complexity index is 508. The van der Waals surface area contributed by atoms with E-state index in [1.54, 1.807) is 20.8 Å². The van der Waals surface area contributed by atoms with Gasteiger partial charge in [-0.1, -0.05) is 0 Å². The van der Waals surface area contributed by atoms with Gasteiger partial charge in [-0.3, -0.25) is 0 Å². The molecule has 1 atom stereocenters. The van der Waals surface area contributed by atoms with E-state index in [4.69, 9.17) is 9.47 Å². The predicted molar refractivity (Wildman–Crippen MR) is 84.8 cm³/mol. The van der Waals surface area contributed by atoms with E-state index in [0.717, 1.165) is 10.9 Å². The molecule has 0 bridgehead atoms. The van der Waals surface area contributed by atoms with E-state index in [1.807, 2.05) is 24.3 Å². The molecule has 0 spiro atoms. The SMILES string of the molecule is COC(=O)[C@H](Cc1ccc(C[Se])cc1)NC(=O)OC(C)(C)C. The molecule has 0 saturated heterocycles. The minimum atomic E-state index is -0.779. The van der Waals surface area contributed by atoms with Crippen LogP contribution in [0.1, 0.15) is 31.9 Å². The Hall–Kier alpha value is -1.52. The molecule has 0 aromatic heterocycles. The average Bonchev–Trinajstić information content (AvgIpc) is 2.44. The first-order valence-corrected chi connectivity index (χ1v) is 8.19. The zero-order chi connectivity index (χ0) is 16.8. The van der Waals surface area contributed by atoms with Gasteiger partial charge in [-0.25, -0.2) is 0 Å². The van der Waals surface area contributed by atoms with Gasteiger partial charge in [0.25, 0.3) is 0 Å². The summed E-state index contributed by atoms with van der Waals surface area (Å²) in [5.74, 6) is -0.501. The molecule has 0 aliphatic rings. The van der Waals surface area contributed by atoms with Crippen LogP contribution in [0.5, 0.6) is 0 Å². The van der Waals surface area contributed by atoms with E-state index in [0.29, 0.717) is 6.42 Å². The number of benzene rings is 1. The van der Waals surface area contributed by atoms with Crippen LogP contribution in [0.3, 0.4) is 0 Å². The summed E-state index contributed by atoms with van der Waals surface area (Å²) >= 11 is 2.95. The summed E-state index contributed by atoms with van der Waals surface area (Å²) in [4.78, 5) is 23.7. The number of methoxy groups -OCH3 is 1. The third-order valence-corrected chi connectivity index (χ3v) is 3.51. The molecule has 1 rings (SSSR count). The maximum absolute atomic E-state index is 11.8. The van der Waals surface area contributed by atoms with Crippen LogP contribution < -0.4 is 5.32 Å².